The van der Waals surface area contributed by atoms with Crippen LogP contribution in [0.5, 0.6) is 5.75 Å². The van der Waals surface area contributed by atoms with Gasteiger partial charge in [-0.25, -0.2) is 13.8 Å². The Kier molecular flexibility index (Phi) is 6.11. The Labute approximate surface area is 183 Å². The minimum Gasteiger partial charge on any atom is -0.485 e. The lowest BCUT2D eigenvalue weighted by Gasteiger charge is -2.26. The van der Waals surface area contributed by atoms with Gasteiger partial charge in [0.2, 0.25) is 0 Å². The van der Waals surface area contributed by atoms with E-state index in [-0.39, 0.29) is 25.4 Å². The quantitative estimate of drug-likeness (QED) is 0.564. The third-order valence-electron chi connectivity index (χ3n) is 5.57. The van der Waals surface area contributed by atoms with E-state index in [1.54, 1.807) is 11.8 Å². The van der Waals surface area contributed by atoms with Crippen LogP contribution in [0, 0.1) is 11.2 Å². The third-order valence-corrected chi connectivity index (χ3v) is 6.13. The van der Waals surface area contributed by atoms with Crippen molar-refractivity contribution in [2.24, 2.45) is 4.99 Å². The van der Waals surface area contributed by atoms with Gasteiger partial charge in [0.25, 0.3) is 0 Å². The van der Waals surface area contributed by atoms with E-state index in [9.17, 15) is 13.9 Å². The van der Waals surface area contributed by atoms with Crippen molar-refractivity contribution in [2.45, 2.75) is 32.4 Å². The van der Waals surface area contributed by atoms with Crippen LogP contribution in [0.1, 0.15) is 25.6 Å². The molecule has 0 bridgehead atoms. The van der Waals surface area contributed by atoms with Crippen LogP contribution < -0.4 is 15.4 Å². The molecule has 0 spiro atoms. The van der Waals surface area contributed by atoms with Crippen molar-refractivity contribution in [1.82, 2.24) is 15.5 Å². The smallest absolute Gasteiger partial charge is 0.150 e. The van der Waals surface area contributed by atoms with Crippen molar-refractivity contribution in [3.8, 4) is 5.75 Å². The molecule has 3 atom stereocenters. The highest BCUT2D eigenvalue weighted by Gasteiger charge is 2.34. The molecular formula is C21H24ClF2N5O2. The summed E-state index contributed by atoms with van der Waals surface area (Å²) < 4.78 is 33.6. The summed E-state index contributed by atoms with van der Waals surface area (Å²) in [4.78, 5) is 6.09. The first-order valence-corrected chi connectivity index (χ1v) is 10.4. The predicted octanol–water partition coefficient (Wildman–Crippen LogP) is 2.59. The van der Waals surface area contributed by atoms with Crippen LogP contribution in [-0.2, 0) is 0 Å². The van der Waals surface area contributed by atoms with E-state index in [1.807, 2.05) is 6.92 Å². The molecule has 3 aliphatic heterocycles. The Morgan fingerprint density at radius 1 is 1.32 bits per heavy atom. The topological polar surface area (TPSA) is 93.0 Å². The number of benzene rings is 1. The Bertz CT molecular complexity index is 1010. The average molecular weight is 452 g/mol. The van der Waals surface area contributed by atoms with E-state index < -0.39 is 24.3 Å². The van der Waals surface area contributed by atoms with Crippen molar-refractivity contribution in [3.05, 3.63) is 51.7 Å². The molecule has 1 unspecified atom stereocenters. The highest BCUT2D eigenvalue weighted by molar-refractivity contribution is 6.43. The molecule has 0 amide bonds. The fourth-order valence-electron chi connectivity index (χ4n) is 3.86. The van der Waals surface area contributed by atoms with Gasteiger partial charge in [0.15, 0.2) is 6.17 Å². The van der Waals surface area contributed by atoms with E-state index in [2.05, 4.69) is 15.6 Å². The van der Waals surface area contributed by atoms with Gasteiger partial charge in [0, 0.05) is 49.1 Å². The fourth-order valence-corrected chi connectivity index (χ4v) is 3.95. The maximum atomic E-state index is 14.0. The van der Waals surface area contributed by atoms with E-state index in [4.69, 9.17) is 21.7 Å². The normalized spacial score (nSPS) is 28.1. The van der Waals surface area contributed by atoms with Crippen molar-refractivity contribution in [3.63, 3.8) is 0 Å². The van der Waals surface area contributed by atoms with E-state index in [0.29, 0.717) is 40.0 Å². The molecule has 3 heterocycles. The van der Waals surface area contributed by atoms with Gasteiger partial charge >= 0.3 is 0 Å². The Hall–Kier alpha value is -2.33. The van der Waals surface area contributed by atoms with Crippen LogP contribution in [0.3, 0.4) is 0 Å². The molecule has 10 heteroatoms. The van der Waals surface area contributed by atoms with Gasteiger partial charge in [0.05, 0.1) is 16.5 Å². The molecule has 31 heavy (non-hydrogen) atoms. The summed E-state index contributed by atoms with van der Waals surface area (Å²) in [7, 11) is 0. The molecule has 0 saturated carbocycles. The van der Waals surface area contributed by atoms with Crippen molar-refractivity contribution in [2.75, 3.05) is 26.2 Å². The largest absolute Gasteiger partial charge is 0.485 e. The van der Waals surface area contributed by atoms with Gasteiger partial charge in [-0.3, -0.25) is 4.90 Å². The molecule has 4 N–H and O–H groups in total. The second kappa shape index (κ2) is 8.66. The van der Waals surface area contributed by atoms with Crippen molar-refractivity contribution in [1.29, 1.82) is 5.41 Å². The molecule has 0 aromatic heterocycles. The number of alkyl halides is 1. The number of likely N-dealkylation sites (tertiary alicyclic amines) is 1. The summed E-state index contributed by atoms with van der Waals surface area (Å²) in [5.74, 6) is 0.0679. The van der Waals surface area contributed by atoms with Gasteiger partial charge in [0.1, 0.15) is 29.7 Å². The standard InChI is InChI=1S/C21H24ClF2N5O2/c1-10-19(22)11(2)28-20(27-10)14-8-29(9-16(14)25)21(30)13-4-3-12(23)5-17(13)31-18-7-26-6-15(18)24/h3-5,15,18,21,25-27,30H,6-9H2,1-2H3/b20-14+,25-16?/t15-,18-,21?/m0/s1. The molecule has 1 aromatic carbocycles. The molecule has 2 saturated heterocycles. The first-order chi connectivity index (χ1) is 14.7. The monoisotopic (exact) mass is 451 g/mol. The maximum Gasteiger partial charge on any atom is 0.150 e. The number of aliphatic hydroxyl groups excluding tert-OH is 1. The molecule has 4 rings (SSSR count). The molecule has 0 radical (unpaired) electrons. The Morgan fingerprint density at radius 3 is 2.77 bits per heavy atom. The lowest BCUT2D eigenvalue weighted by Crippen LogP contribution is -2.30. The van der Waals surface area contributed by atoms with Crippen LogP contribution in [0.2, 0.25) is 0 Å². The first-order valence-electron chi connectivity index (χ1n) is 9.97. The summed E-state index contributed by atoms with van der Waals surface area (Å²) in [6, 6.07) is 3.79. The predicted molar refractivity (Wildman–Crippen MR) is 115 cm³/mol. The molecule has 0 aliphatic carbocycles. The zero-order valence-electron chi connectivity index (χ0n) is 17.2. The van der Waals surface area contributed by atoms with Gasteiger partial charge in [-0.1, -0.05) is 11.6 Å². The van der Waals surface area contributed by atoms with Crippen molar-refractivity contribution >= 4 is 23.0 Å². The van der Waals surface area contributed by atoms with Gasteiger partial charge in [-0.15, -0.1) is 0 Å². The number of aliphatic imine (C=N–C) groups is 1. The fraction of sp³-hybridized carbons (Fsp3) is 0.429. The summed E-state index contributed by atoms with van der Waals surface area (Å²) >= 11 is 6.18. The van der Waals surface area contributed by atoms with Crippen LogP contribution in [0.15, 0.2) is 45.3 Å². The first kappa shape index (κ1) is 21.9. The highest BCUT2D eigenvalue weighted by Crippen LogP contribution is 2.33. The number of hydrogen-bond acceptors (Lipinski definition) is 7. The van der Waals surface area contributed by atoms with Crippen LogP contribution in [0.25, 0.3) is 0 Å². The van der Waals surface area contributed by atoms with E-state index in [1.165, 1.54) is 12.1 Å². The minimum absolute atomic E-state index is 0.0895. The second-order valence-electron chi connectivity index (χ2n) is 7.86. The second-order valence-corrected chi connectivity index (χ2v) is 8.24. The zero-order chi connectivity index (χ0) is 22.3. The zero-order valence-corrected chi connectivity index (χ0v) is 17.9. The number of rotatable bonds is 4. The lowest BCUT2D eigenvalue weighted by molar-refractivity contribution is 0.0207. The number of ether oxygens (including phenoxy) is 1. The molecule has 7 nitrogen and oxygen atoms in total. The van der Waals surface area contributed by atoms with Crippen LogP contribution in [0.4, 0.5) is 8.78 Å². The van der Waals surface area contributed by atoms with Crippen molar-refractivity contribution < 1.29 is 18.6 Å². The molecule has 166 valence electrons. The minimum atomic E-state index is -1.22. The third kappa shape index (κ3) is 4.36. The Balaban J connectivity index is 1.58. The van der Waals surface area contributed by atoms with Gasteiger partial charge in [-0.05, 0) is 26.0 Å². The number of halogens is 3. The SMILES string of the molecule is CC1=N/C(=C2\CN(C(O)c3ccc(F)cc3O[C@H]3CNC[C@@H]3F)CC2=N)NC(C)=C1Cl. The van der Waals surface area contributed by atoms with Gasteiger partial charge in [-0.2, -0.15) is 0 Å². The summed E-state index contributed by atoms with van der Waals surface area (Å²) in [6.45, 7) is 4.50. The molecule has 1 aromatic rings. The molecular weight excluding hydrogens is 428 g/mol. The van der Waals surface area contributed by atoms with E-state index in [0.717, 1.165) is 11.8 Å². The summed E-state index contributed by atoms with van der Waals surface area (Å²) in [5, 5.41) is 25.9. The summed E-state index contributed by atoms with van der Waals surface area (Å²) in [6.07, 6.45) is -3.15. The van der Waals surface area contributed by atoms with Crippen LogP contribution in [-0.4, -0.2) is 59.9 Å². The highest BCUT2D eigenvalue weighted by atomic mass is 35.5. The maximum absolute atomic E-state index is 14.0. The molecule has 2 fully saturated rings. The van der Waals surface area contributed by atoms with Gasteiger partial charge < -0.3 is 25.9 Å². The number of allylic oxidation sites excluding steroid dienone is 2. The molecule has 3 aliphatic rings. The van der Waals surface area contributed by atoms with E-state index >= 15 is 0 Å². The lowest BCUT2D eigenvalue weighted by atomic mass is 10.1. The average Bonchev–Trinajstić information content (AvgIpc) is 3.31. The number of hydrogen-bond donors (Lipinski definition) is 4. The number of nitrogens with zero attached hydrogens (tertiary/aromatic N) is 2. The Morgan fingerprint density at radius 2 is 2.10 bits per heavy atom. The van der Waals surface area contributed by atoms with Crippen LogP contribution >= 0.6 is 11.6 Å². The number of nitrogens with one attached hydrogen (secondary N) is 3. The number of aliphatic hydroxyl groups is 1. The summed E-state index contributed by atoms with van der Waals surface area (Å²) in [5.41, 5.74) is 2.64.